The Balaban J connectivity index is 0.000000360. The van der Waals surface area contributed by atoms with E-state index in [0.717, 1.165) is 0 Å². The fourth-order valence-corrected chi connectivity index (χ4v) is 0.335. The minimum absolute atomic E-state index is 0. The van der Waals surface area contributed by atoms with Gasteiger partial charge in [0.2, 0.25) is 0 Å². The molecular formula is C4H5NaO2. The summed E-state index contributed by atoms with van der Waals surface area (Å²) in [6, 6.07) is 0. The third-order valence-corrected chi connectivity index (χ3v) is 0.683. The van der Waals surface area contributed by atoms with Crippen molar-refractivity contribution in [1.29, 1.82) is 0 Å². The van der Waals surface area contributed by atoms with E-state index in [2.05, 4.69) is 0 Å². The Hall–Kier alpha value is 0.210. The van der Waals surface area contributed by atoms with E-state index in [9.17, 15) is 4.79 Å². The van der Waals surface area contributed by atoms with Crippen molar-refractivity contribution in [1.82, 2.24) is 0 Å². The second-order valence-electron chi connectivity index (χ2n) is 1.28. The Morgan fingerprint density at radius 3 is 2.14 bits per heavy atom. The summed E-state index contributed by atoms with van der Waals surface area (Å²) in [5.74, 6) is 0.229. The molecule has 0 amide bonds. The molecule has 0 fully saturated rings. The first-order chi connectivity index (χ1) is 2.79. The topological polar surface area (TPSA) is 37.3 Å². The van der Waals surface area contributed by atoms with Crippen LogP contribution in [0, 0.1) is 0 Å². The molecule has 34 valence electrons. The molecule has 0 spiro atoms. The first-order valence-corrected chi connectivity index (χ1v) is 1.71. The van der Waals surface area contributed by atoms with E-state index in [1.54, 1.807) is 0 Å². The van der Waals surface area contributed by atoms with E-state index in [4.69, 9.17) is 5.11 Å². The Morgan fingerprint density at radius 2 is 2.14 bits per heavy atom. The van der Waals surface area contributed by atoms with Crippen molar-refractivity contribution in [2.75, 3.05) is 0 Å². The quantitative estimate of drug-likeness (QED) is 0.434. The summed E-state index contributed by atoms with van der Waals surface area (Å²) in [6.45, 7) is 0. The fraction of sp³-hybridized carbons (Fsp3) is 0.250. The second-order valence-corrected chi connectivity index (χ2v) is 1.28. The maximum absolute atomic E-state index is 9.87. The maximum atomic E-state index is 9.87. The summed E-state index contributed by atoms with van der Waals surface area (Å²) in [5.41, 5.74) is 0. The van der Waals surface area contributed by atoms with Crippen molar-refractivity contribution >= 4 is 35.3 Å². The zero-order chi connectivity index (χ0) is 4.57. The van der Waals surface area contributed by atoms with Gasteiger partial charge in [0, 0.05) is 6.08 Å². The van der Waals surface area contributed by atoms with Crippen molar-refractivity contribution < 1.29 is 9.90 Å². The van der Waals surface area contributed by atoms with Crippen LogP contribution in [0.25, 0.3) is 0 Å². The molecule has 0 saturated heterocycles. The van der Waals surface area contributed by atoms with E-state index in [0.29, 0.717) is 0 Å². The van der Waals surface area contributed by atoms with Crippen LogP contribution in [-0.4, -0.2) is 40.4 Å². The number of carbonyl (C=O) groups excluding carboxylic acids is 1. The van der Waals surface area contributed by atoms with Crippen molar-refractivity contribution in [2.45, 2.75) is 6.42 Å². The predicted molar refractivity (Wildman–Crippen MR) is 27.5 cm³/mol. The number of hydrogen-bond donors (Lipinski definition) is 1. The molecule has 0 aromatic rings. The number of hydrogen-bond acceptors (Lipinski definition) is 2. The van der Waals surface area contributed by atoms with Gasteiger partial charge in [-0.2, -0.15) is 0 Å². The first kappa shape index (κ1) is 7.21. The van der Waals surface area contributed by atoms with Crippen molar-refractivity contribution in [3.8, 4) is 0 Å². The number of allylic oxidation sites excluding steroid dienone is 2. The van der Waals surface area contributed by atoms with E-state index < -0.39 is 0 Å². The molecule has 0 unspecified atom stereocenters. The Kier molecular flexibility index (Phi) is 2.58. The van der Waals surface area contributed by atoms with Crippen LogP contribution in [-0.2, 0) is 4.79 Å². The van der Waals surface area contributed by atoms with E-state index in [1.807, 2.05) is 0 Å². The molecule has 1 aliphatic carbocycles. The van der Waals surface area contributed by atoms with Gasteiger partial charge in [0.1, 0.15) is 5.76 Å². The van der Waals surface area contributed by atoms with Crippen molar-refractivity contribution in [2.24, 2.45) is 0 Å². The van der Waals surface area contributed by atoms with E-state index in [-0.39, 0.29) is 47.5 Å². The molecule has 7 heavy (non-hydrogen) atoms. The normalized spacial score (nSPS) is 16.6. The summed E-state index contributed by atoms with van der Waals surface area (Å²) in [7, 11) is 0. The summed E-state index contributed by atoms with van der Waals surface area (Å²) in [4.78, 5) is 9.87. The number of carbonyl (C=O) groups is 1. The summed E-state index contributed by atoms with van der Waals surface area (Å²) in [6.07, 6.45) is 1.47. The molecule has 3 heteroatoms. The van der Waals surface area contributed by atoms with Crippen LogP contribution in [0.2, 0.25) is 0 Å². The van der Waals surface area contributed by atoms with Gasteiger partial charge in [-0.25, -0.2) is 0 Å². The third kappa shape index (κ3) is 1.63. The van der Waals surface area contributed by atoms with Gasteiger partial charge in [-0.15, -0.1) is 0 Å². The van der Waals surface area contributed by atoms with Crippen LogP contribution < -0.4 is 0 Å². The molecule has 0 aromatic carbocycles. The number of aliphatic hydroxyl groups is 1. The van der Waals surface area contributed by atoms with Gasteiger partial charge in [0.25, 0.3) is 0 Å². The van der Waals surface area contributed by atoms with Crippen LogP contribution in [0.4, 0.5) is 0 Å². The molecule has 0 atom stereocenters. The summed E-state index contributed by atoms with van der Waals surface area (Å²) in [5, 5.41) is 8.26. The van der Waals surface area contributed by atoms with Crippen LogP contribution in [0.3, 0.4) is 0 Å². The van der Waals surface area contributed by atoms with Crippen molar-refractivity contribution in [3.63, 3.8) is 0 Å². The zero-order valence-corrected chi connectivity index (χ0v) is 3.14. The first-order valence-electron chi connectivity index (χ1n) is 1.71. The fourth-order valence-electron chi connectivity index (χ4n) is 0.335. The minimum atomic E-state index is 0. The molecular weight excluding hydrogens is 103 g/mol. The average molecular weight is 108 g/mol. The van der Waals surface area contributed by atoms with Crippen LogP contribution in [0.1, 0.15) is 6.42 Å². The van der Waals surface area contributed by atoms with Gasteiger partial charge in [0.15, 0.2) is 5.78 Å². The number of ketones is 1. The van der Waals surface area contributed by atoms with Crippen LogP contribution in [0.5, 0.6) is 0 Å². The Morgan fingerprint density at radius 1 is 1.71 bits per heavy atom. The van der Waals surface area contributed by atoms with Crippen LogP contribution in [0.15, 0.2) is 11.8 Å². The van der Waals surface area contributed by atoms with Gasteiger partial charge in [0.05, 0.1) is 6.42 Å². The third-order valence-electron chi connectivity index (χ3n) is 0.683. The molecule has 0 aromatic heterocycles. The average Bonchev–Trinajstić information content (AvgIpc) is 1.33. The Bertz CT molecular complexity index is 117. The Labute approximate surface area is 63.5 Å². The molecule has 0 saturated carbocycles. The summed E-state index contributed by atoms with van der Waals surface area (Å²) >= 11 is 0. The molecule has 0 heterocycles. The van der Waals surface area contributed by atoms with Gasteiger partial charge in [-0.3, -0.25) is 4.79 Å². The van der Waals surface area contributed by atoms with Gasteiger partial charge in [-0.1, -0.05) is 0 Å². The SMILES string of the molecule is O=C1C=C(O)C1.[NaH]. The molecule has 1 N–H and O–H groups in total. The molecule has 2 nitrogen and oxygen atoms in total. The monoisotopic (exact) mass is 108 g/mol. The van der Waals surface area contributed by atoms with Gasteiger partial charge in [-0.05, 0) is 0 Å². The van der Waals surface area contributed by atoms with Gasteiger partial charge >= 0.3 is 29.6 Å². The van der Waals surface area contributed by atoms with Gasteiger partial charge < -0.3 is 5.11 Å². The second kappa shape index (κ2) is 2.50. The van der Waals surface area contributed by atoms with E-state index >= 15 is 0 Å². The standard InChI is InChI=1S/C4H4O2.Na.H/c5-3-1-4(6)2-3;;/h1,5H,2H2;;. The predicted octanol–water partition coefficient (Wildman–Crippen LogP) is -0.247. The molecule has 0 aliphatic heterocycles. The summed E-state index contributed by atoms with van der Waals surface area (Å²) < 4.78 is 0. The molecule has 1 rings (SSSR count). The molecule has 1 aliphatic rings. The van der Waals surface area contributed by atoms with E-state index in [1.165, 1.54) is 6.08 Å². The molecule has 0 radical (unpaired) electrons. The molecule has 0 bridgehead atoms. The number of aliphatic hydroxyl groups excluding tert-OH is 1. The number of rotatable bonds is 0. The zero-order valence-electron chi connectivity index (χ0n) is 3.14. The van der Waals surface area contributed by atoms with Crippen LogP contribution >= 0.6 is 0 Å². The van der Waals surface area contributed by atoms with Crippen molar-refractivity contribution in [3.05, 3.63) is 11.8 Å².